The quantitative estimate of drug-likeness (QED) is 0.828. The summed E-state index contributed by atoms with van der Waals surface area (Å²) in [6, 6.07) is 14.7. The lowest BCUT2D eigenvalue weighted by molar-refractivity contribution is 0.0855. The minimum Gasteiger partial charge on any atom is -0.299 e. The number of benzene rings is 1. The summed E-state index contributed by atoms with van der Waals surface area (Å²) in [5.41, 5.74) is 1.49. The van der Waals surface area contributed by atoms with Gasteiger partial charge in [0.15, 0.2) is 0 Å². The van der Waals surface area contributed by atoms with Gasteiger partial charge in [-0.15, -0.1) is 0 Å². The molecule has 2 nitrogen and oxygen atoms in total. The molecule has 0 saturated carbocycles. The van der Waals surface area contributed by atoms with Crippen molar-refractivity contribution in [2.75, 3.05) is 7.05 Å². The van der Waals surface area contributed by atoms with Crippen molar-refractivity contribution in [2.45, 2.75) is 57.0 Å². The fourth-order valence-electron chi connectivity index (χ4n) is 4.72. The first-order valence-electron chi connectivity index (χ1n) is 8.42. The zero-order valence-electron chi connectivity index (χ0n) is 13.2. The Morgan fingerprint density at radius 2 is 2.00 bits per heavy atom. The molecular formula is C19H26N2. The van der Waals surface area contributed by atoms with Gasteiger partial charge in [0.05, 0.1) is 12.0 Å². The van der Waals surface area contributed by atoms with Gasteiger partial charge in [0.25, 0.3) is 0 Å². The number of hydrogen-bond donors (Lipinski definition) is 0. The number of unbranched alkanes of at least 4 members (excludes halogenated alkanes) is 1. The Morgan fingerprint density at radius 1 is 1.24 bits per heavy atom. The molecule has 0 aliphatic carbocycles. The number of nitriles is 1. The second-order valence-electron chi connectivity index (χ2n) is 6.84. The topological polar surface area (TPSA) is 27.0 Å². The Bertz CT molecular complexity index is 504. The summed E-state index contributed by atoms with van der Waals surface area (Å²) in [6.07, 6.45) is 6.08. The van der Waals surface area contributed by atoms with E-state index in [9.17, 15) is 5.26 Å². The van der Waals surface area contributed by atoms with Gasteiger partial charge in [-0.1, -0.05) is 50.1 Å². The van der Waals surface area contributed by atoms with Gasteiger partial charge in [-0.3, -0.25) is 4.90 Å². The molecule has 112 valence electrons. The van der Waals surface area contributed by atoms with Crippen LogP contribution in [0.2, 0.25) is 0 Å². The predicted octanol–water partition coefficient (Wildman–Crippen LogP) is 4.19. The van der Waals surface area contributed by atoms with Gasteiger partial charge >= 0.3 is 0 Å². The van der Waals surface area contributed by atoms with E-state index in [1.165, 1.54) is 31.2 Å². The van der Waals surface area contributed by atoms with E-state index in [1.54, 1.807) is 0 Å². The first-order valence-corrected chi connectivity index (χ1v) is 8.42. The van der Waals surface area contributed by atoms with Crippen LogP contribution in [0.15, 0.2) is 30.3 Å². The largest absolute Gasteiger partial charge is 0.299 e. The van der Waals surface area contributed by atoms with Crippen molar-refractivity contribution < 1.29 is 0 Å². The molecular weight excluding hydrogens is 256 g/mol. The highest BCUT2D eigenvalue weighted by Crippen LogP contribution is 2.50. The zero-order valence-corrected chi connectivity index (χ0v) is 13.2. The van der Waals surface area contributed by atoms with Gasteiger partial charge in [-0.05, 0) is 43.7 Å². The van der Waals surface area contributed by atoms with Crippen molar-refractivity contribution in [2.24, 2.45) is 11.8 Å². The molecule has 0 spiro atoms. The molecule has 0 unspecified atom stereocenters. The molecule has 2 bridgehead atoms. The van der Waals surface area contributed by atoms with Gasteiger partial charge in [-0.25, -0.2) is 0 Å². The summed E-state index contributed by atoms with van der Waals surface area (Å²) in [7, 11) is 2.24. The van der Waals surface area contributed by atoms with Crippen LogP contribution in [0.5, 0.6) is 0 Å². The van der Waals surface area contributed by atoms with Crippen LogP contribution in [-0.4, -0.2) is 24.0 Å². The molecule has 2 fully saturated rings. The van der Waals surface area contributed by atoms with Crippen LogP contribution in [-0.2, 0) is 0 Å². The Balaban J connectivity index is 1.91. The first kappa shape index (κ1) is 14.6. The van der Waals surface area contributed by atoms with Gasteiger partial charge in [0, 0.05) is 12.1 Å². The van der Waals surface area contributed by atoms with E-state index in [1.807, 2.05) is 0 Å². The van der Waals surface area contributed by atoms with Gasteiger partial charge < -0.3 is 0 Å². The summed E-state index contributed by atoms with van der Waals surface area (Å²) < 4.78 is 0. The summed E-state index contributed by atoms with van der Waals surface area (Å²) >= 11 is 0. The maximum atomic E-state index is 9.55. The molecule has 5 atom stereocenters. The first-order chi connectivity index (χ1) is 10.3. The van der Waals surface area contributed by atoms with Crippen LogP contribution in [0, 0.1) is 23.2 Å². The fraction of sp³-hybridized carbons (Fsp3) is 0.632. The average Bonchev–Trinajstić information content (AvgIpc) is 2.74. The smallest absolute Gasteiger partial charge is 0.0673 e. The number of rotatable bonds is 4. The molecule has 0 amide bonds. The molecule has 1 aromatic carbocycles. The van der Waals surface area contributed by atoms with E-state index in [0.29, 0.717) is 23.9 Å². The molecule has 0 radical (unpaired) electrons. The summed E-state index contributed by atoms with van der Waals surface area (Å²) in [5.74, 6) is 1.51. The van der Waals surface area contributed by atoms with Gasteiger partial charge in [0.2, 0.25) is 0 Å². The van der Waals surface area contributed by atoms with E-state index < -0.39 is 0 Å². The molecule has 2 heteroatoms. The molecule has 2 saturated heterocycles. The minimum atomic E-state index is 0.232. The summed E-state index contributed by atoms with van der Waals surface area (Å²) in [6.45, 7) is 2.27. The lowest BCUT2D eigenvalue weighted by atomic mass is 9.73. The third-order valence-corrected chi connectivity index (χ3v) is 5.75. The van der Waals surface area contributed by atoms with Crippen LogP contribution in [0.25, 0.3) is 0 Å². The number of fused-ring (bicyclic) bond motifs is 2. The van der Waals surface area contributed by atoms with Crippen LogP contribution < -0.4 is 0 Å². The van der Waals surface area contributed by atoms with Crippen molar-refractivity contribution in [3.63, 3.8) is 0 Å². The second-order valence-corrected chi connectivity index (χ2v) is 6.84. The SMILES string of the molecule is CCCC[C@H]1[C@@H]2[C@@H](C#N)C[C@H](C[C@H]1c1ccccc1)N2C. The van der Waals surface area contributed by atoms with Crippen molar-refractivity contribution in [1.82, 2.24) is 4.90 Å². The maximum Gasteiger partial charge on any atom is 0.0673 e. The molecule has 0 aromatic heterocycles. The molecule has 2 aliphatic heterocycles. The Kier molecular flexibility index (Phi) is 4.31. The maximum absolute atomic E-state index is 9.55. The number of nitrogens with zero attached hydrogens (tertiary/aromatic N) is 2. The highest BCUT2D eigenvalue weighted by atomic mass is 15.2. The van der Waals surface area contributed by atoms with Gasteiger partial charge in [-0.2, -0.15) is 5.26 Å². The second kappa shape index (κ2) is 6.20. The number of hydrogen-bond acceptors (Lipinski definition) is 2. The Morgan fingerprint density at radius 3 is 2.67 bits per heavy atom. The van der Waals surface area contributed by atoms with Crippen molar-refractivity contribution in [3.8, 4) is 6.07 Å². The highest BCUT2D eigenvalue weighted by Gasteiger charge is 2.50. The standard InChI is InChI=1S/C19H26N2/c1-3-4-10-17-18(14-8-6-5-7-9-14)12-16-11-15(13-20)19(17)21(16)2/h5-9,15-19H,3-4,10-12H2,1-2H3/t15-,16-,17-,18+,19+/m1/s1. The van der Waals surface area contributed by atoms with E-state index in [0.717, 1.165) is 6.42 Å². The fourth-order valence-corrected chi connectivity index (χ4v) is 4.72. The average molecular weight is 282 g/mol. The molecule has 0 N–H and O–H groups in total. The minimum absolute atomic E-state index is 0.232. The highest BCUT2D eigenvalue weighted by molar-refractivity contribution is 5.25. The predicted molar refractivity (Wildman–Crippen MR) is 85.9 cm³/mol. The van der Waals surface area contributed by atoms with E-state index in [-0.39, 0.29) is 5.92 Å². The van der Waals surface area contributed by atoms with E-state index in [2.05, 4.69) is 55.3 Å². The van der Waals surface area contributed by atoms with Crippen LogP contribution in [0.1, 0.15) is 50.5 Å². The number of piperidine rings is 1. The van der Waals surface area contributed by atoms with Crippen molar-refractivity contribution in [3.05, 3.63) is 35.9 Å². The normalized spacial score (nSPS) is 35.6. The lowest BCUT2D eigenvalue weighted by Crippen LogP contribution is -2.47. The van der Waals surface area contributed by atoms with Crippen LogP contribution in [0.3, 0.4) is 0 Å². The van der Waals surface area contributed by atoms with E-state index >= 15 is 0 Å². The Hall–Kier alpha value is -1.33. The third-order valence-electron chi connectivity index (χ3n) is 5.75. The molecule has 2 heterocycles. The zero-order chi connectivity index (χ0) is 14.8. The summed E-state index contributed by atoms with van der Waals surface area (Å²) in [4.78, 5) is 2.52. The lowest BCUT2D eigenvalue weighted by Gasteiger charge is -2.44. The molecule has 21 heavy (non-hydrogen) atoms. The monoisotopic (exact) mass is 282 g/mol. The van der Waals surface area contributed by atoms with Gasteiger partial charge in [0.1, 0.15) is 0 Å². The van der Waals surface area contributed by atoms with Crippen molar-refractivity contribution in [1.29, 1.82) is 5.26 Å². The van der Waals surface area contributed by atoms with Crippen LogP contribution in [0.4, 0.5) is 0 Å². The van der Waals surface area contributed by atoms with E-state index in [4.69, 9.17) is 0 Å². The van der Waals surface area contributed by atoms with Crippen molar-refractivity contribution >= 4 is 0 Å². The molecule has 2 aliphatic rings. The third kappa shape index (κ3) is 2.60. The van der Waals surface area contributed by atoms with Crippen LogP contribution >= 0.6 is 0 Å². The molecule has 1 aromatic rings. The Labute approximate surface area is 128 Å². The summed E-state index contributed by atoms with van der Waals surface area (Å²) in [5, 5.41) is 9.55. The molecule has 3 rings (SSSR count).